The van der Waals surface area contributed by atoms with E-state index >= 15 is 0 Å². The predicted octanol–water partition coefficient (Wildman–Crippen LogP) is 3.14. The van der Waals surface area contributed by atoms with Gasteiger partial charge in [-0.05, 0) is 30.2 Å². The molecule has 0 aliphatic carbocycles. The van der Waals surface area contributed by atoms with E-state index < -0.39 is 0 Å². The first-order valence-electron chi connectivity index (χ1n) is 7.91. The van der Waals surface area contributed by atoms with Crippen LogP contribution in [0, 0.1) is 0 Å². The van der Waals surface area contributed by atoms with Crippen LogP contribution in [0.2, 0.25) is 9.36 Å². The van der Waals surface area contributed by atoms with Crippen LogP contribution in [0.5, 0.6) is 0 Å². The van der Waals surface area contributed by atoms with Crippen molar-refractivity contribution in [1.82, 2.24) is 9.88 Å². The number of fused-ring (bicyclic) bond motifs is 2. The highest BCUT2D eigenvalue weighted by molar-refractivity contribution is 7.15. The molecule has 3 heterocycles. The molecule has 1 aromatic carbocycles. The average Bonchev–Trinajstić information content (AvgIpc) is 3.27. The Morgan fingerprint density at radius 3 is 2.88 bits per heavy atom. The van der Waals surface area contributed by atoms with Crippen LogP contribution in [0.1, 0.15) is 17.0 Å². The lowest BCUT2D eigenvalue weighted by Crippen LogP contribution is -2.39. The Hall–Kier alpha value is -1.63. The fourth-order valence-electron chi connectivity index (χ4n) is 3.80. The van der Waals surface area contributed by atoms with Gasteiger partial charge in [-0.25, -0.2) is 4.98 Å². The molecule has 4 rings (SSSR count). The molecule has 5 nitrogen and oxygen atoms in total. The Bertz CT molecular complexity index is 856. The fourth-order valence-corrected chi connectivity index (χ4v) is 4.92. The summed E-state index contributed by atoms with van der Waals surface area (Å²) in [5, 5.41) is 1.34. The van der Waals surface area contributed by atoms with Gasteiger partial charge in [0.1, 0.15) is 9.34 Å². The predicted molar refractivity (Wildman–Crippen MR) is 98.6 cm³/mol. The molecule has 25 heavy (non-hydrogen) atoms. The van der Waals surface area contributed by atoms with Crippen molar-refractivity contribution < 1.29 is 9.59 Å². The van der Waals surface area contributed by atoms with Gasteiger partial charge in [-0.3, -0.25) is 9.59 Å². The maximum Gasteiger partial charge on any atom is 0.233 e. The number of hydrogen-bond acceptors (Lipinski definition) is 4. The second-order valence-electron chi connectivity index (χ2n) is 6.48. The van der Waals surface area contributed by atoms with Gasteiger partial charge >= 0.3 is 0 Å². The van der Waals surface area contributed by atoms with Crippen LogP contribution in [-0.2, 0) is 21.4 Å². The summed E-state index contributed by atoms with van der Waals surface area (Å²) in [5.41, 5.74) is 1.69. The largest absolute Gasteiger partial charge is 0.344 e. The molecule has 0 bridgehead atoms. The molecule has 130 valence electrons. The molecule has 1 spiro atoms. The molecule has 2 aliphatic heterocycles. The Morgan fingerprint density at radius 1 is 1.36 bits per heavy atom. The Morgan fingerprint density at radius 2 is 2.20 bits per heavy atom. The van der Waals surface area contributed by atoms with Crippen molar-refractivity contribution in [3.05, 3.63) is 44.3 Å². The highest BCUT2D eigenvalue weighted by Gasteiger charge is 2.48. The maximum absolute atomic E-state index is 12.9. The quantitative estimate of drug-likeness (QED) is 0.750. The van der Waals surface area contributed by atoms with Gasteiger partial charge in [-0.2, -0.15) is 0 Å². The first-order valence-corrected chi connectivity index (χ1v) is 9.48. The summed E-state index contributed by atoms with van der Waals surface area (Å²) in [6.07, 6.45) is 3.48. The van der Waals surface area contributed by atoms with E-state index in [1.165, 1.54) is 11.3 Å². The van der Waals surface area contributed by atoms with Gasteiger partial charge in [-0.15, -0.1) is 11.3 Å². The highest BCUT2D eigenvalue weighted by Crippen LogP contribution is 2.47. The fraction of sp³-hybridized carbons (Fsp3) is 0.353. The SMILES string of the molecule is O=CN1CCC2(C1)CN(C(=O)Cc1ncc(Cl)s1)c1ccc(Cl)cc12. The molecule has 2 aliphatic rings. The van der Waals surface area contributed by atoms with Gasteiger partial charge in [-0.1, -0.05) is 23.2 Å². The molecule has 1 fully saturated rings. The van der Waals surface area contributed by atoms with Crippen molar-refractivity contribution in [2.24, 2.45) is 0 Å². The maximum atomic E-state index is 12.9. The number of halogens is 2. The van der Waals surface area contributed by atoms with Gasteiger partial charge < -0.3 is 9.80 Å². The van der Waals surface area contributed by atoms with Crippen LogP contribution >= 0.6 is 34.5 Å². The molecule has 0 saturated carbocycles. The van der Waals surface area contributed by atoms with Crippen molar-refractivity contribution in [1.29, 1.82) is 0 Å². The average molecular weight is 396 g/mol. The van der Waals surface area contributed by atoms with Crippen LogP contribution in [0.15, 0.2) is 24.4 Å². The number of likely N-dealkylation sites (tertiary alicyclic amines) is 1. The second-order valence-corrected chi connectivity index (χ2v) is 8.67. The van der Waals surface area contributed by atoms with E-state index in [0.717, 1.165) is 24.1 Å². The minimum absolute atomic E-state index is 0.0176. The van der Waals surface area contributed by atoms with E-state index in [0.29, 0.717) is 34.0 Å². The number of thiazole rings is 1. The van der Waals surface area contributed by atoms with Crippen molar-refractivity contribution in [2.45, 2.75) is 18.3 Å². The van der Waals surface area contributed by atoms with Crippen LogP contribution in [0.4, 0.5) is 5.69 Å². The van der Waals surface area contributed by atoms with Gasteiger partial charge in [0.2, 0.25) is 12.3 Å². The number of nitrogens with zero attached hydrogens (tertiary/aromatic N) is 3. The third-order valence-corrected chi connectivity index (χ3v) is 6.29. The second kappa shape index (κ2) is 6.27. The zero-order chi connectivity index (χ0) is 17.6. The van der Waals surface area contributed by atoms with Crippen LogP contribution in [0.3, 0.4) is 0 Å². The smallest absolute Gasteiger partial charge is 0.233 e. The lowest BCUT2D eigenvalue weighted by atomic mass is 9.81. The lowest BCUT2D eigenvalue weighted by molar-refractivity contribution is -0.118. The standard InChI is InChI=1S/C17H15Cl2N3O2S/c18-11-1-2-13-12(5-11)17(3-4-21(8-17)10-23)9-22(13)16(24)6-15-20-7-14(19)25-15/h1-2,5,7,10H,3-4,6,8-9H2. The molecule has 1 atom stereocenters. The molecule has 8 heteroatoms. The van der Waals surface area contributed by atoms with Crippen LogP contribution in [0.25, 0.3) is 0 Å². The highest BCUT2D eigenvalue weighted by atomic mass is 35.5. The van der Waals surface area contributed by atoms with Crippen molar-refractivity contribution >= 4 is 52.5 Å². The Labute approximate surface area is 159 Å². The van der Waals surface area contributed by atoms with Crippen molar-refractivity contribution in [3.8, 4) is 0 Å². The summed E-state index contributed by atoms with van der Waals surface area (Å²) in [4.78, 5) is 31.8. The molecule has 0 radical (unpaired) electrons. The topological polar surface area (TPSA) is 53.5 Å². The number of anilines is 1. The summed E-state index contributed by atoms with van der Waals surface area (Å²) in [6, 6.07) is 5.62. The molecule has 2 aromatic rings. The molecule has 0 N–H and O–H groups in total. The number of hydrogen-bond donors (Lipinski definition) is 0. The number of carbonyl (C=O) groups excluding carboxylic acids is 2. The van der Waals surface area contributed by atoms with E-state index in [1.807, 2.05) is 12.1 Å². The molecular formula is C17H15Cl2N3O2S. The van der Waals surface area contributed by atoms with Crippen LogP contribution < -0.4 is 4.90 Å². The number of aromatic nitrogens is 1. The molecule has 2 amide bonds. The van der Waals surface area contributed by atoms with E-state index in [9.17, 15) is 9.59 Å². The zero-order valence-electron chi connectivity index (χ0n) is 13.2. The Balaban J connectivity index is 1.66. The summed E-state index contributed by atoms with van der Waals surface area (Å²) in [5.74, 6) is -0.0176. The summed E-state index contributed by atoms with van der Waals surface area (Å²) in [6.45, 7) is 1.86. The van der Waals surface area contributed by atoms with Crippen molar-refractivity contribution in [3.63, 3.8) is 0 Å². The number of rotatable bonds is 3. The van der Waals surface area contributed by atoms with Gasteiger partial charge in [0.25, 0.3) is 0 Å². The Kier molecular flexibility index (Phi) is 4.22. The summed E-state index contributed by atoms with van der Waals surface area (Å²) in [7, 11) is 0. The van der Waals surface area contributed by atoms with Crippen molar-refractivity contribution in [2.75, 3.05) is 24.5 Å². The molecular weight excluding hydrogens is 381 g/mol. The lowest BCUT2D eigenvalue weighted by Gasteiger charge is -2.24. The van der Waals surface area contributed by atoms with Gasteiger partial charge in [0.05, 0.1) is 12.6 Å². The third-order valence-electron chi connectivity index (χ3n) is 4.94. The first-order chi connectivity index (χ1) is 12.0. The number of amides is 2. The molecule has 1 unspecified atom stereocenters. The minimum Gasteiger partial charge on any atom is -0.344 e. The molecule has 1 saturated heterocycles. The molecule has 1 aromatic heterocycles. The third kappa shape index (κ3) is 2.92. The zero-order valence-corrected chi connectivity index (χ0v) is 15.6. The first kappa shape index (κ1) is 16.8. The monoisotopic (exact) mass is 395 g/mol. The van der Waals surface area contributed by atoms with E-state index in [2.05, 4.69) is 4.98 Å². The normalized spacial score (nSPS) is 21.8. The van der Waals surface area contributed by atoms with E-state index in [4.69, 9.17) is 23.2 Å². The summed E-state index contributed by atoms with van der Waals surface area (Å²) >= 11 is 13.4. The number of benzene rings is 1. The summed E-state index contributed by atoms with van der Waals surface area (Å²) < 4.78 is 0.574. The van der Waals surface area contributed by atoms with Gasteiger partial charge in [0.15, 0.2) is 0 Å². The van der Waals surface area contributed by atoms with E-state index in [-0.39, 0.29) is 17.7 Å². The van der Waals surface area contributed by atoms with Crippen LogP contribution in [-0.4, -0.2) is 41.8 Å². The van der Waals surface area contributed by atoms with E-state index in [1.54, 1.807) is 22.1 Å². The van der Waals surface area contributed by atoms with Gasteiger partial charge in [0, 0.05) is 35.8 Å². The number of carbonyl (C=O) groups is 2. The minimum atomic E-state index is -0.239.